The van der Waals surface area contributed by atoms with Crippen LogP contribution in [0.3, 0.4) is 0 Å². The van der Waals surface area contributed by atoms with Crippen molar-refractivity contribution in [2.75, 3.05) is 12.9 Å². The van der Waals surface area contributed by atoms with Crippen molar-refractivity contribution in [1.82, 2.24) is 5.06 Å². The van der Waals surface area contributed by atoms with Gasteiger partial charge in [0.1, 0.15) is 6.04 Å². The minimum atomic E-state index is -4.23. The maximum atomic E-state index is 10.6. The van der Waals surface area contributed by atoms with Gasteiger partial charge in [-0.2, -0.15) is 5.06 Å². The van der Waals surface area contributed by atoms with E-state index >= 15 is 0 Å². The van der Waals surface area contributed by atoms with E-state index in [2.05, 4.69) is 0 Å². The van der Waals surface area contributed by atoms with Gasteiger partial charge in [0.05, 0.1) is 0 Å². The molecule has 0 spiro atoms. The molecule has 7 nitrogen and oxygen atoms in total. The summed E-state index contributed by atoms with van der Waals surface area (Å²) in [5.74, 6) is -1.03. The van der Waals surface area contributed by atoms with Crippen molar-refractivity contribution in [3.05, 3.63) is 0 Å². The summed E-state index contributed by atoms with van der Waals surface area (Å²) in [4.78, 5) is 32.4. The van der Waals surface area contributed by atoms with E-state index in [1.165, 1.54) is 0 Å². The zero-order chi connectivity index (χ0) is 10.8. The monoisotopic (exact) mass is 225 g/mol. The molecule has 0 amide bonds. The van der Waals surface area contributed by atoms with Crippen LogP contribution in [0.1, 0.15) is 12.8 Å². The molecule has 0 aromatic rings. The summed E-state index contributed by atoms with van der Waals surface area (Å²) in [5.41, 5.74) is 0. The van der Waals surface area contributed by atoms with Crippen molar-refractivity contribution < 1.29 is 29.1 Å². The van der Waals surface area contributed by atoms with Crippen LogP contribution in [0, 0.1) is 0 Å². The topological polar surface area (TPSA) is 107 Å². The van der Waals surface area contributed by atoms with Crippen molar-refractivity contribution in [2.45, 2.75) is 18.9 Å². The SMILES string of the molecule is O=C(O)C1CCCN1OCP(=O)(O)O. The van der Waals surface area contributed by atoms with Gasteiger partial charge in [-0.15, -0.1) is 0 Å². The molecule has 0 aromatic heterocycles. The summed E-state index contributed by atoms with van der Waals surface area (Å²) < 4.78 is 10.5. The molecule has 0 bridgehead atoms. The molecule has 82 valence electrons. The molecule has 0 aromatic carbocycles. The van der Waals surface area contributed by atoms with Crippen LogP contribution >= 0.6 is 7.60 Å². The average molecular weight is 225 g/mol. The molecule has 8 heteroatoms. The standard InChI is InChI=1S/C6H12NO6P/c8-6(9)5-2-1-3-7(5)13-4-14(10,11)12/h5H,1-4H2,(H,8,9)(H2,10,11,12). The Morgan fingerprint density at radius 3 is 2.71 bits per heavy atom. The van der Waals surface area contributed by atoms with Gasteiger partial charge in [0, 0.05) is 6.54 Å². The first-order valence-electron chi connectivity index (χ1n) is 4.07. The Kier molecular flexibility index (Phi) is 3.63. The zero-order valence-corrected chi connectivity index (χ0v) is 8.26. The third-order valence-electron chi connectivity index (χ3n) is 1.88. The number of hydrogen-bond acceptors (Lipinski definition) is 4. The first-order valence-corrected chi connectivity index (χ1v) is 5.87. The number of nitrogens with zero attached hydrogens (tertiary/aromatic N) is 1. The summed E-state index contributed by atoms with van der Waals surface area (Å²) in [6.07, 6.45) is 0.325. The molecule has 14 heavy (non-hydrogen) atoms. The summed E-state index contributed by atoms with van der Waals surface area (Å²) >= 11 is 0. The van der Waals surface area contributed by atoms with Crippen LogP contribution in [0.4, 0.5) is 0 Å². The molecular weight excluding hydrogens is 213 g/mol. The highest BCUT2D eigenvalue weighted by atomic mass is 31.2. The van der Waals surface area contributed by atoms with Gasteiger partial charge in [-0.1, -0.05) is 0 Å². The molecule has 1 atom stereocenters. The number of carboxylic acids is 1. The second-order valence-corrected chi connectivity index (χ2v) is 4.65. The zero-order valence-electron chi connectivity index (χ0n) is 7.37. The maximum Gasteiger partial charge on any atom is 0.353 e. The van der Waals surface area contributed by atoms with E-state index in [0.29, 0.717) is 19.4 Å². The number of hydroxylamine groups is 2. The van der Waals surface area contributed by atoms with Gasteiger partial charge in [-0.05, 0) is 12.8 Å². The highest BCUT2D eigenvalue weighted by Gasteiger charge is 2.32. The Bertz CT molecular complexity index is 263. The van der Waals surface area contributed by atoms with E-state index in [9.17, 15) is 9.36 Å². The van der Waals surface area contributed by atoms with Crippen molar-refractivity contribution in [3.8, 4) is 0 Å². The number of rotatable bonds is 4. The van der Waals surface area contributed by atoms with E-state index in [4.69, 9.17) is 19.7 Å². The highest BCUT2D eigenvalue weighted by molar-refractivity contribution is 7.51. The van der Waals surface area contributed by atoms with Gasteiger partial charge in [0.15, 0.2) is 6.35 Å². The lowest BCUT2D eigenvalue weighted by molar-refractivity contribution is -0.178. The number of carbonyl (C=O) groups is 1. The van der Waals surface area contributed by atoms with Gasteiger partial charge in [-0.25, -0.2) is 0 Å². The predicted molar refractivity (Wildman–Crippen MR) is 45.4 cm³/mol. The fraction of sp³-hybridized carbons (Fsp3) is 0.833. The summed E-state index contributed by atoms with van der Waals surface area (Å²) in [5, 5.41) is 9.81. The normalized spacial score (nSPS) is 24.0. The van der Waals surface area contributed by atoms with Crippen LogP contribution in [0.5, 0.6) is 0 Å². The molecule has 0 radical (unpaired) electrons. The molecule has 3 N–H and O–H groups in total. The summed E-state index contributed by atoms with van der Waals surface area (Å²) in [6, 6.07) is -0.790. The fourth-order valence-corrected chi connectivity index (χ4v) is 1.59. The Hall–Kier alpha value is -0.460. The van der Waals surface area contributed by atoms with E-state index in [1.54, 1.807) is 0 Å². The van der Waals surface area contributed by atoms with Gasteiger partial charge in [0.2, 0.25) is 0 Å². The molecule has 1 unspecified atom stereocenters. The summed E-state index contributed by atoms with van der Waals surface area (Å²) in [6.45, 7) is 0.386. The molecule has 0 saturated carbocycles. The Labute approximate surface area is 80.4 Å². The lowest BCUT2D eigenvalue weighted by Crippen LogP contribution is -2.36. The first kappa shape index (κ1) is 11.6. The first-order chi connectivity index (χ1) is 6.40. The molecule has 1 rings (SSSR count). The van der Waals surface area contributed by atoms with E-state index < -0.39 is 26.0 Å². The molecule has 1 saturated heterocycles. The number of aliphatic carboxylic acids is 1. The van der Waals surface area contributed by atoms with Gasteiger partial charge < -0.3 is 14.9 Å². The predicted octanol–water partition coefficient (Wildman–Crippen LogP) is -0.398. The van der Waals surface area contributed by atoms with Crippen LogP contribution in [0.15, 0.2) is 0 Å². The molecule has 0 aliphatic carbocycles. The van der Waals surface area contributed by atoms with Gasteiger partial charge >= 0.3 is 13.6 Å². The van der Waals surface area contributed by atoms with Crippen LogP contribution < -0.4 is 0 Å². The largest absolute Gasteiger partial charge is 0.480 e. The smallest absolute Gasteiger partial charge is 0.353 e. The maximum absolute atomic E-state index is 10.6. The molecule has 1 fully saturated rings. The Morgan fingerprint density at radius 2 is 2.21 bits per heavy atom. The quantitative estimate of drug-likeness (QED) is 0.559. The average Bonchev–Trinajstić information content (AvgIpc) is 2.46. The third kappa shape index (κ3) is 3.36. The van der Waals surface area contributed by atoms with Crippen LogP contribution in [0.25, 0.3) is 0 Å². The fourth-order valence-electron chi connectivity index (χ4n) is 1.29. The van der Waals surface area contributed by atoms with E-state index in [1.807, 2.05) is 0 Å². The number of carboxylic acid groups (broad SMARTS) is 1. The van der Waals surface area contributed by atoms with Gasteiger partial charge in [-0.3, -0.25) is 14.2 Å². The lowest BCUT2D eigenvalue weighted by Gasteiger charge is -2.20. The molecule has 1 aliphatic rings. The second-order valence-electron chi connectivity index (χ2n) is 3.06. The minimum Gasteiger partial charge on any atom is -0.480 e. The Morgan fingerprint density at radius 1 is 1.57 bits per heavy atom. The van der Waals surface area contributed by atoms with Crippen molar-refractivity contribution in [3.63, 3.8) is 0 Å². The van der Waals surface area contributed by atoms with Gasteiger partial charge in [0.25, 0.3) is 0 Å². The van der Waals surface area contributed by atoms with Crippen LogP contribution in [0.2, 0.25) is 0 Å². The van der Waals surface area contributed by atoms with Crippen LogP contribution in [-0.4, -0.2) is 44.9 Å². The van der Waals surface area contributed by atoms with Crippen LogP contribution in [-0.2, 0) is 14.2 Å². The van der Waals surface area contributed by atoms with E-state index in [0.717, 1.165) is 5.06 Å². The molecular formula is C6H12NO6P. The van der Waals surface area contributed by atoms with E-state index in [-0.39, 0.29) is 0 Å². The van der Waals surface area contributed by atoms with Crippen molar-refractivity contribution in [1.29, 1.82) is 0 Å². The molecule has 1 heterocycles. The summed E-state index contributed by atoms with van der Waals surface area (Å²) in [7, 11) is -4.23. The second kappa shape index (κ2) is 4.37. The van der Waals surface area contributed by atoms with Crippen molar-refractivity contribution in [2.24, 2.45) is 0 Å². The number of hydrogen-bond donors (Lipinski definition) is 3. The molecule has 1 aliphatic heterocycles. The third-order valence-corrected chi connectivity index (χ3v) is 2.33. The Balaban J connectivity index is 2.44. The lowest BCUT2D eigenvalue weighted by atomic mass is 10.2. The highest BCUT2D eigenvalue weighted by Crippen LogP contribution is 2.35. The van der Waals surface area contributed by atoms with Crippen molar-refractivity contribution >= 4 is 13.6 Å². The minimum absolute atomic E-state index is 0.386.